The van der Waals surface area contributed by atoms with E-state index in [1.165, 1.54) is 5.56 Å². The van der Waals surface area contributed by atoms with E-state index in [1.807, 2.05) is 41.3 Å². The normalized spacial score (nSPS) is 15.8. The maximum absolute atomic E-state index is 12.7. The van der Waals surface area contributed by atoms with Crippen LogP contribution in [0.2, 0.25) is 0 Å². The van der Waals surface area contributed by atoms with Gasteiger partial charge in [-0.1, -0.05) is 18.2 Å². The Morgan fingerprint density at radius 2 is 1.92 bits per heavy atom. The van der Waals surface area contributed by atoms with Crippen LogP contribution in [0.3, 0.4) is 0 Å². The zero-order valence-electron chi connectivity index (χ0n) is 13.4. The van der Waals surface area contributed by atoms with Crippen molar-refractivity contribution in [3.63, 3.8) is 0 Å². The summed E-state index contributed by atoms with van der Waals surface area (Å²) in [6.07, 6.45) is 2.08. The first-order valence-corrected chi connectivity index (χ1v) is 9.20. The summed E-state index contributed by atoms with van der Waals surface area (Å²) in [4.78, 5) is 15.6. The van der Waals surface area contributed by atoms with E-state index in [1.54, 1.807) is 11.8 Å². The molecule has 0 fully saturated rings. The number of carbonyl (C=O) groups excluding carboxylic acids is 1. The third-order valence-electron chi connectivity index (χ3n) is 4.29. The highest BCUT2D eigenvalue weighted by Gasteiger charge is 2.22. The molecule has 2 aromatic carbocycles. The molecule has 0 N–H and O–H groups in total. The van der Waals surface area contributed by atoms with E-state index < -0.39 is 0 Å². The van der Waals surface area contributed by atoms with Gasteiger partial charge in [-0.3, -0.25) is 4.79 Å². The molecule has 0 unspecified atom stereocenters. The van der Waals surface area contributed by atoms with Crippen LogP contribution in [0.25, 0.3) is 0 Å². The minimum atomic E-state index is 0.155. The van der Waals surface area contributed by atoms with E-state index in [0.717, 1.165) is 41.5 Å². The number of hydrogen-bond donors (Lipinski definition) is 0. The number of ether oxygens (including phenoxy) is 2. The van der Waals surface area contributed by atoms with E-state index in [4.69, 9.17) is 9.47 Å². The van der Waals surface area contributed by atoms with Gasteiger partial charge in [0.05, 0.1) is 5.75 Å². The van der Waals surface area contributed by atoms with Gasteiger partial charge in [0.25, 0.3) is 0 Å². The minimum absolute atomic E-state index is 0.155. The van der Waals surface area contributed by atoms with E-state index >= 15 is 0 Å². The molecule has 0 aliphatic carbocycles. The van der Waals surface area contributed by atoms with Gasteiger partial charge >= 0.3 is 0 Å². The second-order valence-corrected chi connectivity index (χ2v) is 6.92. The Kier molecular flexibility index (Phi) is 4.34. The van der Waals surface area contributed by atoms with Gasteiger partial charge in [0.2, 0.25) is 5.91 Å². The highest BCUT2D eigenvalue weighted by molar-refractivity contribution is 8.00. The van der Waals surface area contributed by atoms with Crippen LogP contribution in [-0.4, -0.2) is 31.4 Å². The highest BCUT2D eigenvalue weighted by atomic mass is 32.2. The maximum atomic E-state index is 12.7. The van der Waals surface area contributed by atoms with E-state index in [9.17, 15) is 4.79 Å². The van der Waals surface area contributed by atoms with Crippen molar-refractivity contribution < 1.29 is 14.3 Å². The third-order valence-corrected chi connectivity index (χ3v) is 5.27. The summed E-state index contributed by atoms with van der Waals surface area (Å²) < 4.78 is 11.1. The number of rotatable bonds is 3. The highest BCUT2D eigenvalue weighted by Crippen LogP contribution is 2.34. The molecule has 0 spiro atoms. The average Bonchev–Trinajstić information content (AvgIpc) is 2.65. The largest absolute Gasteiger partial charge is 0.486 e. The Morgan fingerprint density at radius 3 is 2.83 bits per heavy atom. The Hall–Kier alpha value is -2.14. The third kappa shape index (κ3) is 3.08. The number of fused-ring (bicyclic) bond motifs is 2. The molecule has 4 nitrogen and oxygen atoms in total. The number of amides is 1. The fraction of sp³-hybridized carbons (Fsp3) is 0.316. The van der Waals surface area contributed by atoms with Gasteiger partial charge in [-0.25, -0.2) is 0 Å². The van der Waals surface area contributed by atoms with E-state index in [2.05, 4.69) is 6.07 Å². The van der Waals surface area contributed by atoms with Crippen molar-refractivity contribution in [2.75, 3.05) is 30.4 Å². The molecular formula is C19H19NO3S. The van der Waals surface area contributed by atoms with Crippen molar-refractivity contribution in [2.24, 2.45) is 0 Å². The van der Waals surface area contributed by atoms with Crippen LogP contribution >= 0.6 is 11.8 Å². The van der Waals surface area contributed by atoms with Gasteiger partial charge in [-0.05, 0) is 42.7 Å². The Bertz CT molecular complexity index is 762. The SMILES string of the molecule is O=C(CSc1ccc2c(c1)OCCO2)N1CCCc2ccccc21. The molecule has 0 atom stereocenters. The molecule has 24 heavy (non-hydrogen) atoms. The van der Waals surface area contributed by atoms with Crippen molar-refractivity contribution in [3.05, 3.63) is 48.0 Å². The Morgan fingerprint density at radius 1 is 1.08 bits per heavy atom. The number of para-hydroxylation sites is 1. The molecule has 1 amide bonds. The first-order valence-electron chi connectivity index (χ1n) is 8.22. The second-order valence-electron chi connectivity index (χ2n) is 5.87. The van der Waals surface area contributed by atoms with Crippen LogP contribution in [0.15, 0.2) is 47.4 Å². The van der Waals surface area contributed by atoms with Crippen molar-refractivity contribution in [3.8, 4) is 11.5 Å². The first kappa shape index (κ1) is 15.4. The molecule has 0 bridgehead atoms. The molecule has 124 valence electrons. The smallest absolute Gasteiger partial charge is 0.237 e. The zero-order chi connectivity index (χ0) is 16.4. The zero-order valence-corrected chi connectivity index (χ0v) is 14.2. The van der Waals surface area contributed by atoms with Crippen molar-refractivity contribution in [1.82, 2.24) is 0 Å². The van der Waals surface area contributed by atoms with Crippen LogP contribution in [0.1, 0.15) is 12.0 Å². The van der Waals surface area contributed by atoms with Crippen molar-refractivity contribution >= 4 is 23.4 Å². The molecule has 2 aromatic rings. The predicted molar refractivity (Wildman–Crippen MR) is 95.3 cm³/mol. The van der Waals surface area contributed by atoms with Crippen LogP contribution in [0, 0.1) is 0 Å². The number of thioether (sulfide) groups is 1. The van der Waals surface area contributed by atoms with Crippen LogP contribution in [0.5, 0.6) is 11.5 Å². The summed E-state index contributed by atoms with van der Waals surface area (Å²) in [5.41, 5.74) is 2.33. The lowest BCUT2D eigenvalue weighted by Crippen LogP contribution is -2.36. The van der Waals surface area contributed by atoms with E-state index in [-0.39, 0.29) is 5.91 Å². The Balaban J connectivity index is 1.44. The standard InChI is InChI=1S/C19H19NO3S/c21-19(20-9-3-5-14-4-1-2-6-16(14)20)13-24-15-7-8-17-18(12-15)23-11-10-22-17/h1-2,4,6-8,12H,3,5,9-11,13H2. The summed E-state index contributed by atoms with van der Waals surface area (Å²) in [7, 11) is 0. The molecule has 0 saturated carbocycles. The van der Waals surface area contributed by atoms with Crippen LogP contribution < -0.4 is 14.4 Å². The van der Waals surface area contributed by atoms with Gasteiger partial charge in [0.15, 0.2) is 11.5 Å². The summed E-state index contributed by atoms with van der Waals surface area (Å²) in [6, 6.07) is 14.0. The molecule has 2 heterocycles. The van der Waals surface area contributed by atoms with Crippen LogP contribution in [-0.2, 0) is 11.2 Å². The Labute approximate surface area is 145 Å². The molecule has 0 aromatic heterocycles. The summed E-state index contributed by atoms with van der Waals surface area (Å²) in [5.74, 6) is 2.12. The predicted octanol–water partition coefficient (Wildman–Crippen LogP) is 3.53. The molecule has 0 radical (unpaired) electrons. The number of carbonyl (C=O) groups is 1. The molecule has 2 aliphatic rings. The minimum Gasteiger partial charge on any atom is -0.486 e. The fourth-order valence-corrected chi connectivity index (χ4v) is 3.93. The quantitative estimate of drug-likeness (QED) is 0.801. The molecule has 0 saturated heterocycles. The molecule has 4 rings (SSSR count). The lowest BCUT2D eigenvalue weighted by Gasteiger charge is -2.29. The fourth-order valence-electron chi connectivity index (χ4n) is 3.13. The number of benzene rings is 2. The average molecular weight is 341 g/mol. The van der Waals surface area contributed by atoms with E-state index in [0.29, 0.717) is 19.0 Å². The molecule has 2 aliphatic heterocycles. The lowest BCUT2D eigenvalue weighted by atomic mass is 10.0. The molecular weight excluding hydrogens is 322 g/mol. The van der Waals surface area contributed by atoms with Gasteiger partial charge < -0.3 is 14.4 Å². The number of hydrogen-bond acceptors (Lipinski definition) is 4. The number of aryl methyl sites for hydroxylation is 1. The summed E-state index contributed by atoms with van der Waals surface area (Å²) in [6.45, 7) is 1.97. The van der Waals surface area contributed by atoms with Gasteiger partial charge in [-0.15, -0.1) is 11.8 Å². The van der Waals surface area contributed by atoms with Gasteiger partial charge in [0, 0.05) is 17.1 Å². The van der Waals surface area contributed by atoms with Crippen molar-refractivity contribution in [1.29, 1.82) is 0 Å². The summed E-state index contributed by atoms with van der Waals surface area (Å²) >= 11 is 1.54. The van der Waals surface area contributed by atoms with Gasteiger partial charge in [0.1, 0.15) is 13.2 Å². The second kappa shape index (κ2) is 6.77. The van der Waals surface area contributed by atoms with Crippen molar-refractivity contribution in [2.45, 2.75) is 17.7 Å². The maximum Gasteiger partial charge on any atom is 0.237 e. The summed E-state index contributed by atoms with van der Waals surface area (Å²) in [5, 5.41) is 0. The molecule has 5 heteroatoms. The number of anilines is 1. The number of nitrogens with zero attached hydrogens (tertiary/aromatic N) is 1. The topological polar surface area (TPSA) is 38.8 Å². The van der Waals surface area contributed by atoms with Crippen LogP contribution in [0.4, 0.5) is 5.69 Å². The monoisotopic (exact) mass is 341 g/mol. The van der Waals surface area contributed by atoms with Gasteiger partial charge in [-0.2, -0.15) is 0 Å². The first-order chi connectivity index (χ1) is 11.8. The lowest BCUT2D eigenvalue weighted by molar-refractivity contribution is -0.116.